The van der Waals surface area contributed by atoms with E-state index in [1.54, 1.807) is 0 Å². The van der Waals surface area contributed by atoms with Crippen molar-refractivity contribution < 1.29 is 242 Å². The molecule has 26 N–H and O–H groups in total. The van der Waals surface area contributed by atoms with E-state index >= 15 is 0 Å². The van der Waals surface area contributed by atoms with E-state index in [2.05, 4.69) is 0 Å². The highest BCUT2D eigenvalue weighted by Gasteiger charge is 2.61. The molecule has 9 aliphatic heterocycles. The maximum Gasteiger partial charge on any atom is 0.335 e. The van der Waals surface area contributed by atoms with E-state index in [4.69, 9.17) is 104 Å². The second-order valence-electron chi connectivity index (χ2n) is 27.4. The average Bonchev–Trinajstić information content (AvgIpc) is 0.780. The molecule has 9 rings (SSSR count). The summed E-state index contributed by atoms with van der Waals surface area (Å²) in [6.45, 7) is -8.54. The molecular formula is C61H104O49. The Hall–Kier alpha value is -2.41. The first-order valence-electron chi connectivity index (χ1n) is 34.9. The van der Waals surface area contributed by atoms with Gasteiger partial charge in [0.15, 0.2) is 62.7 Å². The number of hydrogen-bond donors (Lipinski definition) is 26. The topological polar surface area (TPSA) is 746 Å². The number of methoxy groups -OCH3 is 4. The van der Waals surface area contributed by atoms with E-state index in [9.17, 15) is 138 Å². The maximum atomic E-state index is 12.5. The third kappa shape index (κ3) is 20.0. The highest BCUT2D eigenvalue weighted by atomic mass is 16.8. The number of carboxylic acids is 1. The molecule has 0 saturated carbocycles. The van der Waals surface area contributed by atoms with Crippen molar-refractivity contribution in [1.29, 1.82) is 0 Å². The number of aliphatic hydroxyl groups is 25. The van der Waals surface area contributed by atoms with Crippen molar-refractivity contribution in [3.8, 4) is 0 Å². The lowest BCUT2D eigenvalue weighted by molar-refractivity contribution is -0.411. The van der Waals surface area contributed by atoms with E-state index in [1.165, 1.54) is 21.3 Å². The van der Waals surface area contributed by atoms with Crippen molar-refractivity contribution in [1.82, 2.24) is 0 Å². The van der Waals surface area contributed by atoms with Gasteiger partial charge in [-0.05, 0) is 0 Å². The van der Waals surface area contributed by atoms with Crippen molar-refractivity contribution in [3.63, 3.8) is 0 Å². The summed E-state index contributed by atoms with van der Waals surface area (Å²) < 4.78 is 127. The van der Waals surface area contributed by atoms with Gasteiger partial charge in [-0.2, -0.15) is 0 Å². The van der Waals surface area contributed by atoms with Crippen LogP contribution in [0.4, 0.5) is 0 Å². The first-order chi connectivity index (χ1) is 52.3. The molecule has 110 heavy (non-hydrogen) atoms. The fourth-order valence-electron chi connectivity index (χ4n) is 13.9. The summed E-state index contributed by atoms with van der Waals surface area (Å²) in [6.07, 6.45) is -92.9. The second-order valence-corrected chi connectivity index (χ2v) is 27.4. The van der Waals surface area contributed by atoms with Crippen LogP contribution in [-0.4, -0.2) is 516 Å². The predicted molar refractivity (Wildman–Crippen MR) is 334 cm³/mol. The van der Waals surface area contributed by atoms with E-state index in [-0.39, 0.29) is 6.61 Å². The largest absolute Gasteiger partial charge is 0.479 e. The Morgan fingerprint density at radius 2 is 0.491 bits per heavy atom. The number of ether oxygens (including phenoxy) is 22. The van der Waals surface area contributed by atoms with Crippen LogP contribution >= 0.6 is 0 Å². The van der Waals surface area contributed by atoms with Crippen LogP contribution in [0.15, 0.2) is 0 Å². The van der Waals surface area contributed by atoms with Crippen LogP contribution in [0, 0.1) is 0 Å². The molecule has 0 aromatic heterocycles. The Morgan fingerprint density at radius 1 is 0.255 bits per heavy atom. The zero-order valence-electron chi connectivity index (χ0n) is 59.1. The fourth-order valence-corrected chi connectivity index (χ4v) is 13.9. The third-order valence-electron chi connectivity index (χ3n) is 20.1. The number of aliphatic carboxylic acids is 1. The third-order valence-corrected chi connectivity index (χ3v) is 20.1. The van der Waals surface area contributed by atoms with Crippen molar-refractivity contribution in [2.24, 2.45) is 0 Å². The standard InChI is InChI=1S/C61H104O49/c1-89-10-20-27(69)31(73)39(81)57(99-20)105-46-22(11-90-2)101-59(41(83)34(46)76)106-47-23(12-91-3)102-60(42(84)35(47)77)108-49-24(13-92-4)103-61(44(86)51(49)110-56-38(80)30(72)26(68)16(6-63)95-56)104-45-17(7-64)97-58(40(82)33(45)75)109-50-43(85)53(93-14-21-28(70)32(74)36(78)54(100-21)98-19(9-66)52(87)88)96-18(8-65)48(50)107-55-37(79)29(71)25(67)15(5-62)94-55/h15-51,53-86H,5-14H2,1-4H3,(H,87,88)/t15-,16-,17-,18-,19?,20-,21-,22-,23-,24-,25-,26-,27-,28-,29+,30+,31+,32+,33-,34-,35-,36-,37-,38-,39-,40-,41-,42-,43-,44-,45-,46-,47-,48-,49-,50-,51-,53+,54+,55+,56-,57-,58+,59-,60-,61-/m1/s1. The van der Waals surface area contributed by atoms with Gasteiger partial charge >= 0.3 is 5.97 Å². The van der Waals surface area contributed by atoms with Crippen LogP contribution < -0.4 is 0 Å². The summed E-state index contributed by atoms with van der Waals surface area (Å²) in [5.74, 6) is -1.74. The van der Waals surface area contributed by atoms with Crippen LogP contribution in [0.2, 0.25) is 0 Å². The first kappa shape index (κ1) is 91.5. The van der Waals surface area contributed by atoms with Gasteiger partial charge in [-0.1, -0.05) is 0 Å². The van der Waals surface area contributed by atoms with Gasteiger partial charge in [0.2, 0.25) is 0 Å². The smallest absolute Gasteiger partial charge is 0.335 e. The molecule has 49 heteroatoms. The molecule has 9 saturated heterocycles. The minimum atomic E-state index is -2.48. The van der Waals surface area contributed by atoms with Gasteiger partial charge in [-0.3, -0.25) is 0 Å². The van der Waals surface area contributed by atoms with Crippen LogP contribution in [0.25, 0.3) is 0 Å². The first-order valence-corrected chi connectivity index (χ1v) is 34.9. The van der Waals surface area contributed by atoms with Gasteiger partial charge in [-0.15, -0.1) is 0 Å². The SMILES string of the molecule is COC[C@H]1O[C@H](O[C@H]2[C@H](O)[C@@H](O)[C@@H](O[C@H]3[C@H](O)[C@@H](O)[C@@H](O[C@H]4[C@H](O[C@H]5O[C@H](CO)[C@@H](O)[C@H](O)[C@H]5O)[C@@H](O)[C@@H](O[C@H]5[C@H](O)[C@@H](O)[C@H](O[C@@H]6[C@@H](O)[C@@H](OC[C@H]7O[C@H](OC(CO)C(=O)O)[C@H](O)[C@@H](O)[C@@H]7O)O[C@H](CO)[C@H]6O[C@@H]6O[C@H](CO)[C@@H](O)[C@H](O)[C@H]6O)O[C@@H]5CO)O[C@@H]4COC)O[C@@H]3COC)O[C@@H]2COC)[C@H](O)[C@@H](O)[C@@H]1O. The molecule has 1 unspecified atom stereocenters. The number of rotatable bonds is 33. The lowest BCUT2D eigenvalue weighted by Crippen LogP contribution is -2.69. The molecule has 0 aromatic carbocycles. The Balaban J connectivity index is 0.953. The Bertz CT molecular complexity index is 2720. The van der Waals surface area contributed by atoms with Crippen LogP contribution in [-0.2, 0) is 109 Å². The summed E-state index contributed by atoms with van der Waals surface area (Å²) >= 11 is 0. The highest BCUT2D eigenvalue weighted by Crippen LogP contribution is 2.41. The molecule has 9 aliphatic rings. The highest BCUT2D eigenvalue weighted by molar-refractivity contribution is 5.72. The van der Waals surface area contributed by atoms with Gasteiger partial charge in [0.1, 0.15) is 220 Å². The van der Waals surface area contributed by atoms with Gasteiger partial charge in [-0.25, -0.2) is 4.79 Å². The minimum Gasteiger partial charge on any atom is -0.479 e. The zero-order valence-corrected chi connectivity index (χ0v) is 59.1. The number of hydrogen-bond acceptors (Lipinski definition) is 48. The second kappa shape index (κ2) is 40.8. The summed E-state index contributed by atoms with van der Waals surface area (Å²) in [4.78, 5) is 11.7. The molecular weight excluding hydrogens is 1520 g/mol. The van der Waals surface area contributed by atoms with Crippen LogP contribution in [0.5, 0.6) is 0 Å². The molecule has 0 aromatic rings. The summed E-state index contributed by atoms with van der Waals surface area (Å²) in [6, 6.07) is 0. The molecule has 0 radical (unpaired) electrons. The number of carbonyl (C=O) groups is 1. The van der Waals surface area contributed by atoms with E-state index in [0.717, 1.165) is 7.11 Å². The molecule has 0 aliphatic carbocycles. The average molecular weight is 1620 g/mol. The fraction of sp³-hybridized carbons (Fsp3) is 0.984. The Kier molecular flexibility index (Phi) is 34.0. The molecule has 0 bridgehead atoms. The lowest BCUT2D eigenvalue weighted by Gasteiger charge is -2.51. The lowest BCUT2D eigenvalue weighted by atomic mass is 9.94. The monoisotopic (exact) mass is 1620 g/mol. The predicted octanol–water partition coefficient (Wildman–Crippen LogP) is -18.5. The van der Waals surface area contributed by atoms with Gasteiger partial charge in [0.05, 0.1) is 66.1 Å². The van der Waals surface area contributed by atoms with Crippen LogP contribution in [0.1, 0.15) is 0 Å². The van der Waals surface area contributed by atoms with Crippen molar-refractivity contribution in [2.45, 2.75) is 282 Å². The Morgan fingerprint density at radius 3 is 0.855 bits per heavy atom. The van der Waals surface area contributed by atoms with Crippen molar-refractivity contribution in [2.75, 3.05) is 94.5 Å². The van der Waals surface area contributed by atoms with E-state index in [1.807, 2.05) is 0 Å². The zero-order chi connectivity index (χ0) is 80.8. The molecule has 49 nitrogen and oxygen atoms in total. The maximum absolute atomic E-state index is 12.5. The summed E-state index contributed by atoms with van der Waals surface area (Å²) in [7, 11) is 4.77. The molecule has 9 fully saturated rings. The molecule has 0 spiro atoms. The summed E-state index contributed by atoms with van der Waals surface area (Å²) in [5.41, 5.74) is 0. The minimum absolute atomic E-state index is 0.288. The van der Waals surface area contributed by atoms with Gasteiger partial charge in [0, 0.05) is 28.4 Å². The molecule has 46 atom stereocenters. The number of carboxylic acid groups (broad SMARTS) is 1. The normalized spacial score (nSPS) is 50.1. The van der Waals surface area contributed by atoms with E-state index < -0.39 is 348 Å². The van der Waals surface area contributed by atoms with E-state index in [0.29, 0.717) is 0 Å². The molecule has 9 heterocycles. The van der Waals surface area contributed by atoms with Gasteiger partial charge < -0.3 is 237 Å². The van der Waals surface area contributed by atoms with Crippen molar-refractivity contribution in [3.05, 3.63) is 0 Å². The summed E-state index contributed by atoms with van der Waals surface area (Å²) in [5, 5.41) is 286. The van der Waals surface area contributed by atoms with Crippen LogP contribution in [0.3, 0.4) is 0 Å². The molecule has 642 valence electrons. The molecule has 0 amide bonds. The Labute approximate surface area is 623 Å². The number of aliphatic hydroxyl groups excluding tert-OH is 25. The van der Waals surface area contributed by atoms with Crippen molar-refractivity contribution >= 4 is 5.97 Å². The van der Waals surface area contributed by atoms with Gasteiger partial charge in [0.25, 0.3) is 0 Å². The quantitative estimate of drug-likeness (QED) is 0.0290.